The number of esters is 2. The lowest BCUT2D eigenvalue weighted by atomic mass is 10.2. The molecule has 0 fully saturated rings. The highest BCUT2D eigenvalue weighted by molar-refractivity contribution is 9.09. The highest BCUT2D eigenvalue weighted by Crippen LogP contribution is 2.04. The largest absolute Gasteiger partial charge is 0.458 e. The normalized spacial score (nSPS) is 11.8. The Labute approximate surface area is 126 Å². The molecule has 20 heavy (non-hydrogen) atoms. The first-order valence-electron chi connectivity index (χ1n) is 5.95. The molecule has 0 radical (unpaired) electrons. The van der Waals surface area contributed by atoms with Crippen LogP contribution in [0.2, 0.25) is 0 Å². The van der Waals surface area contributed by atoms with Crippen molar-refractivity contribution in [2.45, 2.75) is 6.10 Å². The molecule has 0 aliphatic heterocycles. The van der Waals surface area contributed by atoms with Gasteiger partial charge in [0, 0.05) is 11.4 Å². The maximum Gasteiger partial charge on any atom is 0.338 e. The number of carbonyl (C=O) groups is 2. The quantitative estimate of drug-likeness (QED) is 0.332. The van der Waals surface area contributed by atoms with E-state index >= 15 is 0 Å². The van der Waals surface area contributed by atoms with E-state index in [-0.39, 0.29) is 6.61 Å². The summed E-state index contributed by atoms with van der Waals surface area (Å²) in [6, 6.07) is 8.61. The summed E-state index contributed by atoms with van der Waals surface area (Å²) in [5.74, 6) is -1.03. The molecule has 0 spiro atoms. The Hall–Kier alpha value is -1.88. The lowest BCUT2D eigenvalue weighted by molar-refractivity contribution is -0.142. The van der Waals surface area contributed by atoms with Crippen molar-refractivity contribution in [1.29, 1.82) is 0 Å². The molecule has 0 bridgehead atoms. The molecule has 0 saturated carbocycles. The summed E-state index contributed by atoms with van der Waals surface area (Å²) in [5, 5.41) is 0.613. The summed E-state index contributed by atoms with van der Waals surface area (Å²) >= 11 is 3.22. The first kappa shape index (κ1) is 16.2. The molecule has 0 aliphatic rings. The van der Waals surface area contributed by atoms with Crippen LogP contribution >= 0.6 is 15.9 Å². The molecule has 5 heteroatoms. The van der Waals surface area contributed by atoms with Gasteiger partial charge in [0.15, 0.2) is 6.10 Å². The molecule has 0 N–H and O–H groups in total. The Bertz CT molecular complexity index is 482. The molecule has 106 valence electrons. The lowest BCUT2D eigenvalue weighted by Crippen LogP contribution is -2.22. The molecule has 0 saturated heterocycles. The van der Waals surface area contributed by atoms with E-state index < -0.39 is 18.0 Å². The third-order valence-electron chi connectivity index (χ3n) is 2.26. The Kier molecular flexibility index (Phi) is 7.35. The number of hydrogen-bond donors (Lipinski definition) is 0. The van der Waals surface area contributed by atoms with Crippen LogP contribution in [0.5, 0.6) is 0 Å². The van der Waals surface area contributed by atoms with Crippen LogP contribution in [0.4, 0.5) is 0 Å². The van der Waals surface area contributed by atoms with E-state index in [9.17, 15) is 9.59 Å². The van der Waals surface area contributed by atoms with Gasteiger partial charge in [0.1, 0.15) is 6.61 Å². The maximum atomic E-state index is 11.8. The fourth-order valence-electron chi connectivity index (χ4n) is 1.34. The van der Waals surface area contributed by atoms with Crippen molar-refractivity contribution in [2.75, 3.05) is 11.9 Å². The number of carbonyl (C=O) groups excluding carboxylic acids is 2. The minimum Gasteiger partial charge on any atom is -0.458 e. The van der Waals surface area contributed by atoms with Crippen LogP contribution in [0.25, 0.3) is 0 Å². The predicted molar refractivity (Wildman–Crippen MR) is 79.7 cm³/mol. The zero-order chi connectivity index (χ0) is 14.8. The Morgan fingerprint density at radius 2 is 2.00 bits per heavy atom. The van der Waals surface area contributed by atoms with Gasteiger partial charge in [-0.1, -0.05) is 46.8 Å². The van der Waals surface area contributed by atoms with Gasteiger partial charge in [-0.05, 0) is 18.2 Å². The van der Waals surface area contributed by atoms with Gasteiger partial charge < -0.3 is 9.47 Å². The van der Waals surface area contributed by atoms with Gasteiger partial charge in [-0.25, -0.2) is 9.59 Å². The van der Waals surface area contributed by atoms with Gasteiger partial charge in [-0.3, -0.25) is 0 Å². The van der Waals surface area contributed by atoms with Crippen molar-refractivity contribution >= 4 is 27.9 Å². The molecule has 0 aromatic heterocycles. The van der Waals surface area contributed by atoms with E-state index in [0.29, 0.717) is 10.9 Å². The van der Waals surface area contributed by atoms with E-state index in [0.717, 1.165) is 6.08 Å². The Balaban J connectivity index is 2.57. The molecule has 0 unspecified atom stereocenters. The van der Waals surface area contributed by atoms with Crippen molar-refractivity contribution < 1.29 is 19.1 Å². The second kappa shape index (κ2) is 9.09. The highest BCUT2D eigenvalue weighted by atomic mass is 79.9. The minimum atomic E-state index is -0.634. The number of ether oxygens (including phenoxy) is 2. The molecule has 1 atom stereocenters. The molecule has 0 amide bonds. The number of halogens is 1. The van der Waals surface area contributed by atoms with E-state index in [2.05, 4.69) is 22.5 Å². The lowest BCUT2D eigenvalue weighted by Gasteiger charge is -2.13. The van der Waals surface area contributed by atoms with Gasteiger partial charge >= 0.3 is 11.9 Å². The van der Waals surface area contributed by atoms with E-state index in [4.69, 9.17) is 9.47 Å². The number of hydrogen-bond acceptors (Lipinski definition) is 4. The number of rotatable bonds is 7. The van der Waals surface area contributed by atoms with Crippen molar-refractivity contribution in [3.63, 3.8) is 0 Å². The molecule has 1 aromatic carbocycles. The predicted octanol–water partition coefficient (Wildman–Crippen LogP) is 2.89. The fourth-order valence-corrected chi connectivity index (χ4v) is 1.56. The minimum absolute atomic E-state index is 0.0448. The summed E-state index contributed by atoms with van der Waals surface area (Å²) in [6.07, 6.45) is 3.84. The Morgan fingerprint density at radius 1 is 1.30 bits per heavy atom. The smallest absolute Gasteiger partial charge is 0.338 e. The summed E-state index contributed by atoms with van der Waals surface area (Å²) in [5.41, 5.74) is 0.450. The maximum absolute atomic E-state index is 11.8. The third kappa shape index (κ3) is 5.84. The third-order valence-corrected chi connectivity index (χ3v) is 2.64. The average Bonchev–Trinajstić information content (AvgIpc) is 2.50. The van der Waals surface area contributed by atoms with Crippen LogP contribution in [-0.2, 0) is 14.3 Å². The van der Waals surface area contributed by atoms with Crippen molar-refractivity contribution in [3.8, 4) is 0 Å². The first-order valence-corrected chi connectivity index (χ1v) is 7.07. The second-order valence-corrected chi connectivity index (χ2v) is 4.37. The zero-order valence-electron chi connectivity index (χ0n) is 10.8. The molecular weight excluding hydrogens is 324 g/mol. The molecule has 0 aliphatic carbocycles. The summed E-state index contributed by atoms with van der Waals surface area (Å²) in [7, 11) is 0. The SMILES string of the molecule is C=CC(=O)O[C@@H](/C=C/CBr)COC(=O)c1ccccc1. The van der Waals surface area contributed by atoms with Crippen molar-refractivity contribution in [1.82, 2.24) is 0 Å². The van der Waals surface area contributed by atoms with Crippen LogP contribution in [0.3, 0.4) is 0 Å². The first-order chi connectivity index (χ1) is 9.67. The average molecular weight is 339 g/mol. The van der Waals surface area contributed by atoms with Crippen LogP contribution in [0.1, 0.15) is 10.4 Å². The monoisotopic (exact) mass is 338 g/mol. The number of benzene rings is 1. The van der Waals surface area contributed by atoms with E-state index in [1.165, 1.54) is 0 Å². The van der Waals surface area contributed by atoms with Crippen LogP contribution in [-0.4, -0.2) is 30.0 Å². The number of alkyl halides is 1. The topological polar surface area (TPSA) is 52.6 Å². The number of allylic oxidation sites excluding steroid dienone is 1. The van der Waals surface area contributed by atoms with Crippen molar-refractivity contribution in [2.24, 2.45) is 0 Å². The molecule has 0 heterocycles. The fraction of sp³-hybridized carbons (Fsp3) is 0.200. The van der Waals surface area contributed by atoms with E-state index in [1.54, 1.807) is 36.4 Å². The molecule has 4 nitrogen and oxygen atoms in total. The standard InChI is InChI=1S/C15H15BrO4/c1-2-14(17)20-13(9-6-10-16)11-19-15(18)12-7-4-3-5-8-12/h2-9,13H,1,10-11H2/b9-6+/t13-/m0/s1. The summed E-state index contributed by atoms with van der Waals surface area (Å²) < 4.78 is 10.2. The molecule has 1 aromatic rings. The molecular formula is C15H15BrO4. The summed E-state index contributed by atoms with van der Waals surface area (Å²) in [6.45, 7) is 3.28. The Morgan fingerprint density at radius 3 is 2.60 bits per heavy atom. The second-order valence-electron chi connectivity index (χ2n) is 3.73. The van der Waals surface area contributed by atoms with E-state index in [1.807, 2.05) is 6.07 Å². The van der Waals surface area contributed by atoms with Gasteiger partial charge in [0.2, 0.25) is 0 Å². The van der Waals surface area contributed by atoms with Crippen molar-refractivity contribution in [3.05, 3.63) is 60.7 Å². The van der Waals surface area contributed by atoms with Crippen LogP contribution < -0.4 is 0 Å². The summed E-state index contributed by atoms with van der Waals surface area (Å²) in [4.78, 5) is 22.9. The van der Waals surface area contributed by atoms with Gasteiger partial charge in [-0.2, -0.15) is 0 Å². The van der Waals surface area contributed by atoms with Crippen LogP contribution in [0, 0.1) is 0 Å². The highest BCUT2D eigenvalue weighted by Gasteiger charge is 2.13. The zero-order valence-corrected chi connectivity index (χ0v) is 12.4. The van der Waals surface area contributed by atoms with Gasteiger partial charge in [0.25, 0.3) is 0 Å². The molecule has 1 rings (SSSR count). The van der Waals surface area contributed by atoms with Gasteiger partial charge in [-0.15, -0.1) is 0 Å². The van der Waals surface area contributed by atoms with Crippen LogP contribution in [0.15, 0.2) is 55.1 Å². The van der Waals surface area contributed by atoms with Gasteiger partial charge in [0.05, 0.1) is 5.56 Å².